The number of Topliss-reactive ketones (excluding diaryl/α,β-unsaturated/α-hetero) is 1. The Morgan fingerprint density at radius 2 is 1.81 bits per heavy atom. The molecule has 0 aromatic carbocycles. The molecule has 0 aliphatic heterocycles. The lowest BCUT2D eigenvalue weighted by Crippen LogP contribution is -2.39. The Bertz CT molecular complexity index is 1280. The van der Waals surface area contributed by atoms with Gasteiger partial charge in [-0.15, -0.1) is 0 Å². The second kappa shape index (κ2) is 8.82. The van der Waals surface area contributed by atoms with Crippen molar-refractivity contribution in [1.82, 2.24) is 23.7 Å². The average molecular weight is 444 g/mol. The summed E-state index contributed by atoms with van der Waals surface area (Å²) in [5.74, 6) is 0.776. The van der Waals surface area contributed by atoms with Crippen molar-refractivity contribution < 1.29 is 4.79 Å². The molecule has 0 bridgehead atoms. The standard InChI is InChI=1S/C22H29N5O3S/c1-8-26-13(4)9-16(14(26)5)17(28)11-31-20-18-19(23-15(6)24-20)27(10-12(2)3)22(30)25(7)21(18)29/h9,12H,8,10-11H2,1-7H3. The van der Waals surface area contributed by atoms with E-state index in [1.807, 2.05) is 40.7 Å². The molecule has 3 heterocycles. The SMILES string of the molecule is CCn1c(C)cc(C(=O)CSc2nc(C)nc3c2c(=O)n(C)c(=O)n3CC(C)C)c1C. The zero-order chi connectivity index (χ0) is 23.0. The van der Waals surface area contributed by atoms with E-state index in [0.717, 1.165) is 22.5 Å². The molecule has 0 fully saturated rings. The smallest absolute Gasteiger partial charge is 0.332 e. The van der Waals surface area contributed by atoms with E-state index in [-0.39, 0.29) is 22.8 Å². The van der Waals surface area contributed by atoms with Crippen molar-refractivity contribution in [3.05, 3.63) is 49.7 Å². The molecule has 3 rings (SSSR count). The van der Waals surface area contributed by atoms with Gasteiger partial charge >= 0.3 is 5.69 Å². The van der Waals surface area contributed by atoms with E-state index < -0.39 is 11.2 Å². The van der Waals surface area contributed by atoms with Crippen LogP contribution in [0.2, 0.25) is 0 Å². The van der Waals surface area contributed by atoms with Crippen molar-refractivity contribution in [3.8, 4) is 0 Å². The number of hydrogen-bond acceptors (Lipinski definition) is 6. The van der Waals surface area contributed by atoms with Crippen molar-refractivity contribution >= 4 is 28.6 Å². The maximum Gasteiger partial charge on any atom is 0.332 e. The number of aryl methyl sites for hydroxylation is 2. The van der Waals surface area contributed by atoms with Crippen LogP contribution in [-0.4, -0.2) is 35.2 Å². The summed E-state index contributed by atoms with van der Waals surface area (Å²) in [7, 11) is 1.46. The molecule has 0 spiro atoms. The highest BCUT2D eigenvalue weighted by Gasteiger charge is 2.21. The molecule has 0 atom stereocenters. The van der Waals surface area contributed by atoms with E-state index in [2.05, 4.69) is 14.5 Å². The van der Waals surface area contributed by atoms with Gasteiger partial charge in [0.2, 0.25) is 0 Å². The third-order valence-electron chi connectivity index (χ3n) is 5.34. The Kier molecular flexibility index (Phi) is 6.54. The highest BCUT2D eigenvalue weighted by atomic mass is 32.2. The second-order valence-electron chi connectivity index (χ2n) is 8.17. The molecule has 31 heavy (non-hydrogen) atoms. The fourth-order valence-electron chi connectivity index (χ4n) is 3.86. The lowest BCUT2D eigenvalue weighted by Gasteiger charge is -2.15. The van der Waals surface area contributed by atoms with Crippen LogP contribution in [0.3, 0.4) is 0 Å². The summed E-state index contributed by atoms with van der Waals surface area (Å²) in [6.45, 7) is 12.9. The van der Waals surface area contributed by atoms with Crippen molar-refractivity contribution in [1.29, 1.82) is 0 Å². The highest BCUT2D eigenvalue weighted by molar-refractivity contribution is 8.00. The Morgan fingerprint density at radius 3 is 2.39 bits per heavy atom. The first-order valence-electron chi connectivity index (χ1n) is 10.4. The van der Waals surface area contributed by atoms with Gasteiger partial charge in [-0.1, -0.05) is 25.6 Å². The summed E-state index contributed by atoms with van der Waals surface area (Å²) in [5, 5.41) is 0.712. The molecular weight excluding hydrogens is 414 g/mol. The molecule has 0 aliphatic rings. The van der Waals surface area contributed by atoms with Crippen LogP contribution in [0.25, 0.3) is 11.0 Å². The lowest BCUT2D eigenvalue weighted by molar-refractivity contribution is 0.102. The molecule has 0 radical (unpaired) electrons. The zero-order valence-corrected chi connectivity index (χ0v) is 20.0. The van der Waals surface area contributed by atoms with Crippen LogP contribution < -0.4 is 11.2 Å². The van der Waals surface area contributed by atoms with Gasteiger partial charge in [0.05, 0.1) is 5.75 Å². The van der Waals surface area contributed by atoms with Crippen LogP contribution in [0.1, 0.15) is 48.3 Å². The minimum absolute atomic E-state index is 0.0189. The van der Waals surface area contributed by atoms with Gasteiger partial charge in [0, 0.05) is 37.1 Å². The molecule has 9 heteroatoms. The van der Waals surface area contributed by atoms with Gasteiger partial charge in [0.1, 0.15) is 16.2 Å². The number of nitrogens with zero attached hydrogens (tertiary/aromatic N) is 5. The molecule has 0 saturated heterocycles. The quantitative estimate of drug-likeness (QED) is 0.317. The molecule has 3 aromatic rings. The molecule has 0 saturated carbocycles. The fourth-order valence-corrected chi connectivity index (χ4v) is 4.80. The van der Waals surface area contributed by atoms with E-state index in [1.54, 1.807) is 6.92 Å². The summed E-state index contributed by atoms with van der Waals surface area (Å²) in [6.07, 6.45) is 0. The third-order valence-corrected chi connectivity index (χ3v) is 6.31. The van der Waals surface area contributed by atoms with Gasteiger partial charge in [-0.2, -0.15) is 0 Å². The second-order valence-corrected chi connectivity index (χ2v) is 9.13. The molecule has 166 valence electrons. The largest absolute Gasteiger partial charge is 0.349 e. The predicted molar refractivity (Wildman–Crippen MR) is 123 cm³/mol. The molecule has 0 amide bonds. The Hall–Kier alpha value is -2.68. The number of aromatic nitrogens is 5. The summed E-state index contributed by atoms with van der Waals surface area (Å²) in [5.41, 5.74) is 2.15. The number of thioether (sulfide) groups is 1. The van der Waals surface area contributed by atoms with Gasteiger partial charge in [-0.25, -0.2) is 14.8 Å². The first kappa shape index (κ1) is 23.0. The summed E-state index contributed by atoms with van der Waals surface area (Å²) < 4.78 is 4.71. The highest BCUT2D eigenvalue weighted by Crippen LogP contribution is 2.25. The molecule has 0 N–H and O–H groups in total. The first-order chi connectivity index (χ1) is 14.6. The molecule has 8 nitrogen and oxygen atoms in total. The van der Waals surface area contributed by atoms with Crippen LogP contribution in [0.4, 0.5) is 0 Å². The van der Waals surface area contributed by atoms with Gasteiger partial charge in [-0.05, 0) is 39.7 Å². The maximum atomic E-state index is 12.9. The van der Waals surface area contributed by atoms with Crippen molar-refractivity contribution in [2.75, 3.05) is 5.75 Å². The summed E-state index contributed by atoms with van der Waals surface area (Å²) in [4.78, 5) is 47.5. The Morgan fingerprint density at radius 1 is 1.13 bits per heavy atom. The number of ketones is 1. The first-order valence-corrected chi connectivity index (χ1v) is 11.4. The Balaban J connectivity index is 2.07. The summed E-state index contributed by atoms with van der Waals surface area (Å²) >= 11 is 1.22. The number of carbonyl (C=O) groups is 1. The minimum atomic E-state index is -0.445. The summed E-state index contributed by atoms with van der Waals surface area (Å²) in [6, 6.07) is 1.91. The normalized spacial score (nSPS) is 11.6. The van der Waals surface area contributed by atoms with E-state index in [9.17, 15) is 14.4 Å². The fraction of sp³-hybridized carbons (Fsp3) is 0.500. The van der Waals surface area contributed by atoms with Gasteiger partial charge < -0.3 is 4.57 Å². The van der Waals surface area contributed by atoms with Crippen molar-refractivity contribution in [2.45, 2.75) is 59.7 Å². The minimum Gasteiger partial charge on any atom is -0.349 e. The zero-order valence-electron chi connectivity index (χ0n) is 19.1. The van der Waals surface area contributed by atoms with Crippen molar-refractivity contribution in [2.24, 2.45) is 13.0 Å². The van der Waals surface area contributed by atoms with E-state index in [1.165, 1.54) is 23.4 Å². The van der Waals surface area contributed by atoms with E-state index in [0.29, 0.717) is 28.6 Å². The number of carbonyl (C=O) groups excluding carboxylic acids is 1. The number of rotatable bonds is 7. The Labute approximate surface area is 185 Å². The number of hydrogen-bond donors (Lipinski definition) is 0. The van der Waals surface area contributed by atoms with Crippen LogP contribution in [0, 0.1) is 26.7 Å². The topological polar surface area (TPSA) is 91.8 Å². The molecular formula is C22H29N5O3S. The van der Waals surface area contributed by atoms with Crippen LogP contribution in [0.5, 0.6) is 0 Å². The number of fused-ring (bicyclic) bond motifs is 1. The third kappa shape index (κ3) is 4.23. The average Bonchev–Trinajstić information content (AvgIpc) is 3.00. The monoisotopic (exact) mass is 443 g/mol. The maximum absolute atomic E-state index is 12.9. The van der Waals surface area contributed by atoms with Crippen LogP contribution in [0.15, 0.2) is 20.7 Å². The predicted octanol–water partition coefficient (Wildman–Crippen LogP) is 2.87. The molecule has 0 aliphatic carbocycles. The van der Waals surface area contributed by atoms with Crippen LogP contribution in [-0.2, 0) is 20.1 Å². The van der Waals surface area contributed by atoms with Gasteiger partial charge in [0.25, 0.3) is 5.56 Å². The lowest BCUT2D eigenvalue weighted by atomic mass is 10.2. The molecule has 3 aromatic heterocycles. The molecule has 0 unspecified atom stereocenters. The van der Waals surface area contributed by atoms with Gasteiger partial charge in [0.15, 0.2) is 11.4 Å². The van der Waals surface area contributed by atoms with Gasteiger partial charge in [-0.3, -0.25) is 18.7 Å². The van der Waals surface area contributed by atoms with Crippen molar-refractivity contribution in [3.63, 3.8) is 0 Å². The van der Waals surface area contributed by atoms with Crippen LogP contribution >= 0.6 is 11.8 Å². The van der Waals surface area contributed by atoms with E-state index in [4.69, 9.17) is 0 Å². The van der Waals surface area contributed by atoms with E-state index >= 15 is 0 Å².